The molecule has 0 aliphatic carbocycles. The molecule has 1 heterocycles. The lowest BCUT2D eigenvalue weighted by Gasteiger charge is -2.01. The molecule has 1 aromatic heterocycles. The molecule has 2 rings (SSSR count). The van der Waals surface area contributed by atoms with Crippen molar-refractivity contribution in [2.24, 2.45) is 0 Å². The summed E-state index contributed by atoms with van der Waals surface area (Å²) in [6.45, 7) is 1.79. The molecule has 2 aromatic rings. The Kier molecular flexibility index (Phi) is 3.53. The summed E-state index contributed by atoms with van der Waals surface area (Å²) in [7, 11) is 0. The largest absolute Gasteiger partial charge is 0.478 e. The van der Waals surface area contributed by atoms with E-state index in [0.29, 0.717) is 5.56 Å². The number of rotatable bonds is 3. The first kappa shape index (κ1) is 12.0. The molecule has 0 fully saturated rings. The van der Waals surface area contributed by atoms with Gasteiger partial charge < -0.3 is 5.11 Å². The molecule has 3 nitrogen and oxygen atoms in total. The van der Waals surface area contributed by atoms with E-state index in [9.17, 15) is 4.79 Å². The summed E-state index contributed by atoms with van der Waals surface area (Å²) in [6.07, 6.45) is 5.55. The average molecular weight is 239 g/mol. The van der Waals surface area contributed by atoms with Crippen molar-refractivity contribution in [2.75, 3.05) is 0 Å². The van der Waals surface area contributed by atoms with E-state index in [1.165, 1.54) is 0 Å². The number of carbonyl (C=O) groups is 1. The maximum atomic E-state index is 10.9. The zero-order chi connectivity index (χ0) is 13.0. The molecule has 0 amide bonds. The Balaban J connectivity index is 2.23. The van der Waals surface area contributed by atoms with Gasteiger partial charge in [-0.2, -0.15) is 0 Å². The summed E-state index contributed by atoms with van der Waals surface area (Å²) in [5.74, 6) is -0.896. The van der Waals surface area contributed by atoms with Crippen molar-refractivity contribution in [2.45, 2.75) is 6.92 Å². The fraction of sp³-hybridized carbons (Fsp3) is 0.0667. The number of carboxylic acid groups (broad SMARTS) is 1. The fourth-order valence-electron chi connectivity index (χ4n) is 1.69. The molecule has 1 aromatic carbocycles. The van der Waals surface area contributed by atoms with Crippen molar-refractivity contribution in [1.82, 2.24) is 4.98 Å². The maximum absolute atomic E-state index is 10.9. The molecule has 0 aliphatic heterocycles. The lowest BCUT2D eigenvalue weighted by Crippen LogP contribution is -1.99. The first-order valence-electron chi connectivity index (χ1n) is 5.60. The summed E-state index contributed by atoms with van der Waals surface area (Å²) < 4.78 is 0. The number of aryl methyl sites for hydroxylation is 1. The van der Waals surface area contributed by atoms with Crippen LogP contribution in [0.25, 0.3) is 12.2 Å². The van der Waals surface area contributed by atoms with Crippen molar-refractivity contribution in [3.8, 4) is 0 Å². The number of carboxylic acids is 1. The standard InChI is InChI=1S/C15H13NO2/c1-11-10-12(6-8-14(11)15(17)18)5-7-13-4-2-3-9-16-13/h2-10H,1H3,(H,17,18)/b7-5+. The maximum Gasteiger partial charge on any atom is 0.335 e. The van der Waals surface area contributed by atoms with Gasteiger partial charge in [0.15, 0.2) is 0 Å². The van der Waals surface area contributed by atoms with Gasteiger partial charge in [-0.15, -0.1) is 0 Å². The molecule has 0 saturated heterocycles. The smallest absolute Gasteiger partial charge is 0.335 e. The molecule has 0 unspecified atom stereocenters. The topological polar surface area (TPSA) is 50.2 Å². The summed E-state index contributed by atoms with van der Waals surface area (Å²) >= 11 is 0. The number of aromatic carboxylic acids is 1. The molecule has 0 atom stereocenters. The summed E-state index contributed by atoms with van der Waals surface area (Å²) in [5.41, 5.74) is 2.93. The van der Waals surface area contributed by atoms with Gasteiger partial charge in [0.1, 0.15) is 0 Å². The second-order valence-electron chi connectivity index (χ2n) is 3.97. The van der Waals surface area contributed by atoms with Crippen molar-refractivity contribution >= 4 is 18.1 Å². The second-order valence-corrected chi connectivity index (χ2v) is 3.97. The highest BCUT2D eigenvalue weighted by Crippen LogP contribution is 2.13. The second kappa shape index (κ2) is 5.27. The first-order valence-corrected chi connectivity index (χ1v) is 5.60. The van der Waals surface area contributed by atoms with Gasteiger partial charge in [-0.25, -0.2) is 4.79 Å². The molecule has 90 valence electrons. The van der Waals surface area contributed by atoms with E-state index in [1.54, 1.807) is 25.3 Å². The lowest BCUT2D eigenvalue weighted by molar-refractivity contribution is 0.0696. The minimum absolute atomic E-state index is 0.338. The lowest BCUT2D eigenvalue weighted by atomic mass is 10.0. The van der Waals surface area contributed by atoms with Crippen LogP contribution in [0.15, 0.2) is 42.6 Å². The first-order chi connectivity index (χ1) is 8.66. The third kappa shape index (κ3) is 2.83. The molecule has 1 N–H and O–H groups in total. The summed E-state index contributed by atoms with van der Waals surface area (Å²) in [6, 6.07) is 11.0. The number of benzene rings is 1. The van der Waals surface area contributed by atoms with Gasteiger partial charge in [0.05, 0.1) is 11.3 Å². The van der Waals surface area contributed by atoms with E-state index in [1.807, 2.05) is 36.4 Å². The molecule has 0 bridgehead atoms. The third-order valence-corrected chi connectivity index (χ3v) is 2.62. The van der Waals surface area contributed by atoms with Crippen LogP contribution in [0.3, 0.4) is 0 Å². The highest BCUT2D eigenvalue weighted by atomic mass is 16.4. The molecule has 0 spiro atoms. The number of hydrogen-bond donors (Lipinski definition) is 1. The van der Waals surface area contributed by atoms with E-state index in [0.717, 1.165) is 16.8 Å². The van der Waals surface area contributed by atoms with E-state index in [4.69, 9.17) is 5.11 Å². The predicted octanol–water partition coefficient (Wildman–Crippen LogP) is 3.26. The van der Waals surface area contributed by atoms with Crippen molar-refractivity contribution in [1.29, 1.82) is 0 Å². The summed E-state index contributed by atoms with van der Waals surface area (Å²) in [5, 5.41) is 8.94. The zero-order valence-electron chi connectivity index (χ0n) is 10.00. The van der Waals surface area contributed by atoms with Crippen LogP contribution in [0.2, 0.25) is 0 Å². The number of hydrogen-bond acceptors (Lipinski definition) is 2. The fourth-order valence-corrected chi connectivity index (χ4v) is 1.69. The number of nitrogens with zero attached hydrogens (tertiary/aromatic N) is 1. The zero-order valence-corrected chi connectivity index (χ0v) is 10.00. The monoisotopic (exact) mass is 239 g/mol. The molecular weight excluding hydrogens is 226 g/mol. The Bertz CT molecular complexity index is 589. The minimum atomic E-state index is -0.896. The van der Waals surface area contributed by atoms with E-state index < -0.39 is 5.97 Å². The highest BCUT2D eigenvalue weighted by molar-refractivity contribution is 5.89. The van der Waals surface area contributed by atoms with E-state index in [-0.39, 0.29) is 0 Å². The van der Waals surface area contributed by atoms with Gasteiger partial charge in [0.25, 0.3) is 0 Å². The van der Waals surface area contributed by atoms with Crippen LogP contribution in [-0.4, -0.2) is 16.1 Å². The Morgan fingerprint density at radius 3 is 2.67 bits per heavy atom. The van der Waals surface area contributed by atoms with Crippen molar-refractivity contribution in [3.05, 3.63) is 65.0 Å². The molecule has 3 heteroatoms. The Labute approximate surface area is 105 Å². The molecule has 18 heavy (non-hydrogen) atoms. The minimum Gasteiger partial charge on any atom is -0.478 e. The van der Waals surface area contributed by atoms with Crippen LogP contribution in [0, 0.1) is 6.92 Å². The molecule has 0 radical (unpaired) electrons. The molecule has 0 saturated carbocycles. The van der Waals surface area contributed by atoms with Crippen molar-refractivity contribution < 1.29 is 9.90 Å². The number of pyridine rings is 1. The Hall–Kier alpha value is -2.42. The SMILES string of the molecule is Cc1cc(/C=C/c2ccccn2)ccc1C(=O)O. The molecule has 0 aliphatic rings. The van der Waals surface area contributed by atoms with Crippen LogP contribution in [-0.2, 0) is 0 Å². The normalized spacial score (nSPS) is 10.7. The van der Waals surface area contributed by atoms with Crippen LogP contribution in [0.5, 0.6) is 0 Å². The highest BCUT2D eigenvalue weighted by Gasteiger charge is 2.05. The van der Waals surface area contributed by atoms with Gasteiger partial charge in [0, 0.05) is 6.20 Å². The van der Waals surface area contributed by atoms with Gasteiger partial charge in [-0.1, -0.05) is 24.3 Å². The van der Waals surface area contributed by atoms with Crippen molar-refractivity contribution in [3.63, 3.8) is 0 Å². The van der Waals surface area contributed by atoms with Gasteiger partial charge in [-0.05, 0) is 42.3 Å². The van der Waals surface area contributed by atoms with E-state index >= 15 is 0 Å². The third-order valence-electron chi connectivity index (χ3n) is 2.62. The van der Waals surface area contributed by atoms with Crippen LogP contribution >= 0.6 is 0 Å². The number of aromatic nitrogens is 1. The quantitative estimate of drug-likeness (QED) is 0.894. The Morgan fingerprint density at radius 1 is 1.22 bits per heavy atom. The van der Waals surface area contributed by atoms with Gasteiger partial charge in [0.2, 0.25) is 0 Å². The average Bonchev–Trinajstić information content (AvgIpc) is 2.37. The van der Waals surface area contributed by atoms with Gasteiger partial charge in [-0.3, -0.25) is 4.98 Å². The van der Waals surface area contributed by atoms with Gasteiger partial charge >= 0.3 is 5.97 Å². The van der Waals surface area contributed by atoms with E-state index in [2.05, 4.69) is 4.98 Å². The van der Waals surface area contributed by atoms with Crippen LogP contribution in [0.1, 0.15) is 27.2 Å². The summed E-state index contributed by atoms with van der Waals surface area (Å²) in [4.78, 5) is 15.1. The Morgan fingerprint density at radius 2 is 2.06 bits per heavy atom. The van der Waals surface area contributed by atoms with Crippen LogP contribution in [0.4, 0.5) is 0 Å². The van der Waals surface area contributed by atoms with Crippen LogP contribution < -0.4 is 0 Å². The predicted molar refractivity (Wildman–Crippen MR) is 71.3 cm³/mol. The molecular formula is C15H13NO2.